The second kappa shape index (κ2) is 6.21. The molecular weight excluding hydrogens is 258 g/mol. The summed E-state index contributed by atoms with van der Waals surface area (Å²) in [5, 5.41) is 3.99. The minimum Gasteiger partial charge on any atom is -0.337 e. The summed E-state index contributed by atoms with van der Waals surface area (Å²) in [6, 6.07) is 7.95. The van der Waals surface area contributed by atoms with Crippen LogP contribution < -0.4 is 5.73 Å². The number of rotatable bonds is 5. The van der Waals surface area contributed by atoms with Crippen molar-refractivity contribution in [2.24, 2.45) is 11.7 Å². The summed E-state index contributed by atoms with van der Waals surface area (Å²) < 4.78 is 5.23. The highest BCUT2D eigenvalue weighted by molar-refractivity contribution is 7.99. The van der Waals surface area contributed by atoms with Gasteiger partial charge in [0.05, 0.1) is 6.04 Å². The van der Waals surface area contributed by atoms with Crippen LogP contribution in [-0.2, 0) is 0 Å². The summed E-state index contributed by atoms with van der Waals surface area (Å²) in [4.78, 5) is 5.61. The first-order valence-corrected chi connectivity index (χ1v) is 7.42. The molecule has 102 valence electrons. The molecule has 1 unspecified atom stereocenters. The van der Waals surface area contributed by atoms with E-state index in [4.69, 9.17) is 10.3 Å². The molecule has 0 radical (unpaired) electrons. The van der Waals surface area contributed by atoms with Crippen LogP contribution in [0.1, 0.15) is 32.7 Å². The summed E-state index contributed by atoms with van der Waals surface area (Å²) >= 11 is 1.81. The van der Waals surface area contributed by atoms with Crippen LogP contribution in [-0.4, -0.2) is 15.9 Å². The maximum atomic E-state index is 5.99. The number of hydrogen-bond acceptors (Lipinski definition) is 5. The number of nitrogens with zero attached hydrogens (tertiary/aromatic N) is 2. The van der Waals surface area contributed by atoms with Crippen molar-refractivity contribution in [2.75, 3.05) is 5.75 Å². The van der Waals surface area contributed by atoms with E-state index >= 15 is 0 Å². The van der Waals surface area contributed by atoms with Gasteiger partial charge in [-0.15, -0.1) is 11.8 Å². The van der Waals surface area contributed by atoms with E-state index in [0.29, 0.717) is 11.7 Å². The molecule has 5 heteroatoms. The van der Waals surface area contributed by atoms with E-state index < -0.39 is 0 Å². The molecule has 2 aromatic rings. The van der Waals surface area contributed by atoms with E-state index in [1.807, 2.05) is 37.7 Å². The third-order valence-corrected chi connectivity index (χ3v) is 3.76. The Morgan fingerprint density at radius 3 is 2.53 bits per heavy atom. The molecule has 0 aliphatic carbocycles. The molecule has 0 bridgehead atoms. The lowest BCUT2D eigenvalue weighted by molar-refractivity contribution is 0.325. The summed E-state index contributed by atoms with van der Waals surface area (Å²) in [7, 11) is 0. The predicted octanol–water partition coefficient (Wildman–Crippen LogP) is 3.50. The molecule has 2 N–H and O–H groups in total. The minimum absolute atomic E-state index is 0.212. The second-order valence-electron chi connectivity index (χ2n) is 4.68. The van der Waals surface area contributed by atoms with Crippen LogP contribution in [0.3, 0.4) is 0 Å². The predicted molar refractivity (Wildman–Crippen MR) is 77.9 cm³/mol. The van der Waals surface area contributed by atoms with E-state index in [1.165, 1.54) is 4.90 Å². The second-order valence-corrected chi connectivity index (χ2v) is 6.02. The molecule has 1 aromatic heterocycles. The average Bonchev–Trinajstić information content (AvgIpc) is 2.88. The lowest BCUT2D eigenvalue weighted by Crippen LogP contribution is -2.16. The number of benzene rings is 1. The topological polar surface area (TPSA) is 64.9 Å². The molecule has 1 aromatic carbocycles. The summed E-state index contributed by atoms with van der Waals surface area (Å²) in [6.07, 6.45) is 0. The Bertz CT molecular complexity index is 522. The van der Waals surface area contributed by atoms with Crippen molar-refractivity contribution in [1.82, 2.24) is 10.1 Å². The van der Waals surface area contributed by atoms with Crippen LogP contribution >= 0.6 is 11.8 Å². The molecule has 0 saturated carbocycles. The maximum absolute atomic E-state index is 5.99. The zero-order valence-corrected chi connectivity index (χ0v) is 12.3. The third kappa shape index (κ3) is 3.36. The lowest BCUT2D eigenvalue weighted by Gasteiger charge is -2.09. The monoisotopic (exact) mass is 277 g/mol. The molecule has 0 aliphatic heterocycles. The summed E-state index contributed by atoms with van der Waals surface area (Å²) in [6.45, 7) is 6.20. The largest absolute Gasteiger partial charge is 0.337 e. The van der Waals surface area contributed by atoms with Crippen molar-refractivity contribution in [3.8, 4) is 11.4 Å². The van der Waals surface area contributed by atoms with E-state index in [1.54, 1.807) is 0 Å². The molecule has 0 fully saturated rings. The van der Waals surface area contributed by atoms with Gasteiger partial charge in [0.1, 0.15) is 0 Å². The van der Waals surface area contributed by atoms with Gasteiger partial charge in [0.2, 0.25) is 11.7 Å². The minimum atomic E-state index is -0.212. The molecule has 0 saturated heterocycles. The molecule has 0 aliphatic rings. The van der Waals surface area contributed by atoms with Crippen LogP contribution in [0.15, 0.2) is 33.7 Å². The molecule has 2 rings (SSSR count). The zero-order chi connectivity index (χ0) is 13.8. The Labute approximate surface area is 117 Å². The molecular formula is C14H19N3OS. The number of aromatic nitrogens is 2. The zero-order valence-electron chi connectivity index (χ0n) is 11.5. The van der Waals surface area contributed by atoms with Gasteiger partial charge in [0.25, 0.3) is 0 Å². The fraction of sp³-hybridized carbons (Fsp3) is 0.429. The molecule has 0 amide bonds. The first-order valence-electron chi connectivity index (χ1n) is 6.44. The van der Waals surface area contributed by atoms with Crippen molar-refractivity contribution in [3.05, 3.63) is 30.2 Å². The Balaban J connectivity index is 2.18. The van der Waals surface area contributed by atoms with Gasteiger partial charge >= 0.3 is 0 Å². The van der Waals surface area contributed by atoms with Crippen molar-refractivity contribution in [2.45, 2.75) is 31.7 Å². The highest BCUT2D eigenvalue weighted by Gasteiger charge is 2.18. The molecule has 19 heavy (non-hydrogen) atoms. The van der Waals surface area contributed by atoms with Gasteiger partial charge in [-0.1, -0.05) is 25.9 Å². The average molecular weight is 277 g/mol. The summed E-state index contributed by atoms with van der Waals surface area (Å²) in [5.41, 5.74) is 6.94. The fourth-order valence-corrected chi connectivity index (χ4v) is 2.30. The van der Waals surface area contributed by atoms with Gasteiger partial charge in [-0.3, -0.25) is 0 Å². The Morgan fingerprint density at radius 2 is 1.95 bits per heavy atom. The van der Waals surface area contributed by atoms with E-state index in [2.05, 4.69) is 29.2 Å². The molecule has 1 heterocycles. The van der Waals surface area contributed by atoms with Crippen molar-refractivity contribution < 1.29 is 4.52 Å². The fourth-order valence-electron chi connectivity index (χ4n) is 1.64. The van der Waals surface area contributed by atoms with Gasteiger partial charge in [0, 0.05) is 10.5 Å². The maximum Gasteiger partial charge on any atom is 0.244 e. The van der Waals surface area contributed by atoms with Crippen molar-refractivity contribution in [3.63, 3.8) is 0 Å². The van der Waals surface area contributed by atoms with Gasteiger partial charge < -0.3 is 10.3 Å². The van der Waals surface area contributed by atoms with Gasteiger partial charge in [-0.25, -0.2) is 0 Å². The Hall–Kier alpha value is -1.33. The SMILES string of the molecule is CCSc1ccc(-c2noc(C(N)C(C)C)n2)cc1. The third-order valence-electron chi connectivity index (χ3n) is 2.87. The molecule has 0 spiro atoms. The van der Waals surface area contributed by atoms with E-state index in [9.17, 15) is 0 Å². The highest BCUT2D eigenvalue weighted by Crippen LogP contribution is 2.24. The Morgan fingerprint density at radius 1 is 1.26 bits per heavy atom. The number of thioether (sulfide) groups is 1. The summed E-state index contributed by atoms with van der Waals surface area (Å²) in [5.74, 6) is 2.43. The highest BCUT2D eigenvalue weighted by atomic mass is 32.2. The first kappa shape index (κ1) is 14.1. The first-order chi connectivity index (χ1) is 9.11. The standard InChI is InChI=1S/C14H19N3OS/c1-4-19-11-7-5-10(6-8-11)13-16-14(18-17-13)12(15)9(2)3/h5-9,12H,4,15H2,1-3H3. The van der Waals surface area contributed by atoms with Gasteiger partial charge in [0.15, 0.2) is 0 Å². The number of nitrogens with two attached hydrogens (primary N) is 1. The van der Waals surface area contributed by atoms with Crippen molar-refractivity contribution in [1.29, 1.82) is 0 Å². The van der Waals surface area contributed by atoms with E-state index in [0.717, 1.165) is 11.3 Å². The Kier molecular flexibility index (Phi) is 4.61. The molecule has 1 atom stereocenters. The van der Waals surface area contributed by atoms with E-state index in [-0.39, 0.29) is 12.0 Å². The van der Waals surface area contributed by atoms with Crippen LogP contribution in [0.5, 0.6) is 0 Å². The quantitative estimate of drug-likeness (QED) is 0.847. The van der Waals surface area contributed by atoms with Gasteiger partial charge in [-0.2, -0.15) is 4.98 Å². The van der Waals surface area contributed by atoms with Gasteiger partial charge in [-0.05, 0) is 35.9 Å². The number of hydrogen-bond donors (Lipinski definition) is 1. The van der Waals surface area contributed by atoms with Crippen LogP contribution in [0, 0.1) is 5.92 Å². The van der Waals surface area contributed by atoms with Crippen molar-refractivity contribution >= 4 is 11.8 Å². The van der Waals surface area contributed by atoms with Crippen LogP contribution in [0.4, 0.5) is 0 Å². The normalized spacial score (nSPS) is 12.9. The molecule has 4 nitrogen and oxygen atoms in total. The lowest BCUT2D eigenvalue weighted by atomic mass is 10.1. The van der Waals surface area contributed by atoms with Crippen LogP contribution in [0.25, 0.3) is 11.4 Å². The smallest absolute Gasteiger partial charge is 0.244 e. The van der Waals surface area contributed by atoms with Crippen LogP contribution in [0.2, 0.25) is 0 Å².